The summed E-state index contributed by atoms with van der Waals surface area (Å²) >= 11 is 0. The van der Waals surface area contributed by atoms with Gasteiger partial charge in [0.25, 0.3) is 11.5 Å². The molecule has 164 valence electrons. The van der Waals surface area contributed by atoms with Crippen LogP contribution in [0, 0.1) is 0 Å². The van der Waals surface area contributed by atoms with Crippen molar-refractivity contribution in [2.24, 2.45) is 0 Å². The summed E-state index contributed by atoms with van der Waals surface area (Å²) in [4.78, 5) is 40.2. The molecule has 1 atom stereocenters. The Morgan fingerprint density at radius 3 is 2.42 bits per heavy atom. The molecule has 0 bridgehead atoms. The summed E-state index contributed by atoms with van der Waals surface area (Å²) < 4.78 is 0. The predicted octanol–water partition coefficient (Wildman–Crippen LogP) is 2.77. The number of aromatic nitrogens is 2. The third-order valence-electron chi connectivity index (χ3n) is 6.01. The van der Waals surface area contributed by atoms with E-state index >= 15 is 0 Å². The van der Waals surface area contributed by atoms with Crippen molar-refractivity contribution in [3.05, 3.63) is 100 Å². The Hall–Kier alpha value is -4.26. The predicted molar refractivity (Wildman–Crippen MR) is 126 cm³/mol. The summed E-state index contributed by atoms with van der Waals surface area (Å²) in [6.45, 7) is 0.723. The molecule has 0 saturated carbocycles. The molecule has 4 aromatic rings. The van der Waals surface area contributed by atoms with Crippen LogP contribution in [0.2, 0.25) is 0 Å². The van der Waals surface area contributed by atoms with E-state index in [1.54, 1.807) is 29.2 Å². The molecular formula is C26H22N4O3. The molecule has 2 heterocycles. The normalized spacial score (nSPS) is 15.9. The van der Waals surface area contributed by atoms with Crippen molar-refractivity contribution in [2.45, 2.75) is 12.5 Å². The molecule has 1 saturated heterocycles. The van der Waals surface area contributed by atoms with E-state index in [-0.39, 0.29) is 23.1 Å². The number of benzene rings is 3. The highest BCUT2D eigenvalue weighted by Gasteiger charge is 2.35. The summed E-state index contributed by atoms with van der Waals surface area (Å²) in [7, 11) is 0. The molecule has 33 heavy (non-hydrogen) atoms. The first kappa shape index (κ1) is 20.6. The molecule has 1 aliphatic heterocycles. The number of piperazine rings is 1. The van der Waals surface area contributed by atoms with Crippen LogP contribution >= 0.6 is 0 Å². The molecule has 1 aromatic heterocycles. The zero-order valence-corrected chi connectivity index (χ0v) is 17.8. The maximum atomic E-state index is 13.6. The fourth-order valence-electron chi connectivity index (χ4n) is 4.38. The lowest BCUT2D eigenvalue weighted by atomic mass is 9.93. The van der Waals surface area contributed by atoms with Crippen molar-refractivity contribution < 1.29 is 9.59 Å². The van der Waals surface area contributed by atoms with E-state index in [9.17, 15) is 14.4 Å². The highest BCUT2D eigenvalue weighted by molar-refractivity contribution is 6.06. The van der Waals surface area contributed by atoms with Crippen molar-refractivity contribution in [3.8, 4) is 11.1 Å². The van der Waals surface area contributed by atoms with Crippen molar-refractivity contribution in [3.63, 3.8) is 0 Å². The van der Waals surface area contributed by atoms with E-state index in [2.05, 4.69) is 15.5 Å². The molecular weight excluding hydrogens is 416 g/mol. The number of carbonyl (C=O) groups excluding carboxylic acids is 2. The minimum Gasteiger partial charge on any atom is -0.353 e. The number of hydrogen-bond donors (Lipinski definition) is 2. The molecule has 0 aliphatic carbocycles. The SMILES string of the molecule is O=C1NCCN(C(=O)c2n[nH]c(=O)c3ccccc23)[C@H]1Cc1ccccc1-c1ccccc1. The zero-order chi connectivity index (χ0) is 22.8. The lowest BCUT2D eigenvalue weighted by Gasteiger charge is -2.35. The Morgan fingerprint density at radius 1 is 0.909 bits per heavy atom. The second kappa shape index (κ2) is 8.70. The first-order valence-electron chi connectivity index (χ1n) is 10.8. The van der Waals surface area contributed by atoms with E-state index in [1.807, 2.05) is 54.6 Å². The van der Waals surface area contributed by atoms with Gasteiger partial charge in [-0.2, -0.15) is 5.10 Å². The summed E-state index contributed by atoms with van der Waals surface area (Å²) in [6, 6.07) is 24.0. The van der Waals surface area contributed by atoms with Crippen molar-refractivity contribution in [1.29, 1.82) is 0 Å². The summed E-state index contributed by atoms with van der Waals surface area (Å²) in [5, 5.41) is 10.2. The Morgan fingerprint density at radius 2 is 1.61 bits per heavy atom. The van der Waals surface area contributed by atoms with Gasteiger partial charge in [0, 0.05) is 24.9 Å². The Kier molecular flexibility index (Phi) is 5.44. The number of carbonyl (C=O) groups is 2. The number of amides is 2. The first-order valence-corrected chi connectivity index (χ1v) is 10.8. The van der Waals surface area contributed by atoms with Gasteiger partial charge in [0.1, 0.15) is 6.04 Å². The van der Waals surface area contributed by atoms with E-state index in [4.69, 9.17) is 0 Å². The topological polar surface area (TPSA) is 95.2 Å². The number of aromatic amines is 1. The van der Waals surface area contributed by atoms with E-state index in [0.717, 1.165) is 16.7 Å². The average Bonchev–Trinajstić information content (AvgIpc) is 2.86. The third-order valence-corrected chi connectivity index (χ3v) is 6.01. The summed E-state index contributed by atoms with van der Waals surface area (Å²) in [5.41, 5.74) is 2.84. The monoisotopic (exact) mass is 438 g/mol. The smallest absolute Gasteiger partial charge is 0.275 e. The van der Waals surface area contributed by atoms with Crippen LogP contribution in [0.1, 0.15) is 16.1 Å². The van der Waals surface area contributed by atoms with Crippen LogP contribution in [0.3, 0.4) is 0 Å². The van der Waals surface area contributed by atoms with Gasteiger partial charge in [-0.15, -0.1) is 0 Å². The third kappa shape index (κ3) is 3.89. The minimum absolute atomic E-state index is 0.140. The molecule has 2 N–H and O–H groups in total. The fraction of sp³-hybridized carbons (Fsp3) is 0.154. The molecule has 2 amide bonds. The van der Waals surface area contributed by atoms with Crippen LogP contribution in [0.5, 0.6) is 0 Å². The van der Waals surface area contributed by atoms with Gasteiger partial charge in [-0.3, -0.25) is 14.4 Å². The van der Waals surface area contributed by atoms with Crippen molar-refractivity contribution >= 4 is 22.6 Å². The number of rotatable bonds is 4. The van der Waals surface area contributed by atoms with Gasteiger partial charge in [0.2, 0.25) is 5.91 Å². The Balaban J connectivity index is 1.52. The molecule has 3 aromatic carbocycles. The van der Waals surface area contributed by atoms with E-state index < -0.39 is 6.04 Å². The van der Waals surface area contributed by atoms with Crippen molar-refractivity contribution in [2.75, 3.05) is 13.1 Å². The van der Waals surface area contributed by atoms with Gasteiger partial charge in [-0.05, 0) is 22.8 Å². The minimum atomic E-state index is -0.691. The van der Waals surface area contributed by atoms with Gasteiger partial charge in [-0.1, -0.05) is 72.8 Å². The molecule has 5 rings (SSSR count). The van der Waals surface area contributed by atoms with Gasteiger partial charge >= 0.3 is 0 Å². The fourth-order valence-corrected chi connectivity index (χ4v) is 4.38. The lowest BCUT2D eigenvalue weighted by molar-refractivity contribution is -0.127. The lowest BCUT2D eigenvalue weighted by Crippen LogP contribution is -2.58. The number of nitrogens with one attached hydrogen (secondary N) is 2. The molecule has 1 aliphatic rings. The van der Waals surface area contributed by atoms with Gasteiger partial charge in [-0.25, -0.2) is 5.10 Å². The first-order chi connectivity index (χ1) is 16.1. The van der Waals surface area contributed by atoms with Crippen LogP contribution in [0.15, 0.2) is 83.7 Å². The molecule has 0 radical (unpaired) electrons. The molecule has 0 unspecified atom stereocenters. The van der Waals surface area contributed by atoms with Gasteiger partial charge in [0.05, 0.1) is 5.39 Å². The highest BCUT2D eigenvalue weighted by atomic mass is 16.2. The number of fused-ring (bicyclic) bond motifs is 1. The van der Waals surface area contributed by atoms with E-state index in [1.165, 1.54) is 0 Å². The van der Waals surface area contributed by atoms with Crippen molar-refractivity contribution in [1.82, 2.24) is 20.4 Å². The van der Waals surface area contributed by atoms with Crippen LogP contribution in [0.4, 0.5) is 0 Å². The van der Waals surface area contributed by atoms with Crippen LogP contribution in [-0.2, 0) is 11.2 Å². The summed E-state index contributed by atoms with van der Waals surface area (Å²) in [6.07, 6.45) is 0.365. The Labute approximate surface area is 190 Å². The largest absolute Gasteiger partial charge is 0.353 e. The number of hydrogen-bond acceptors (Lipinski definition) is 4. The number of nitrogens with zero attached hydrogens (tertiary/aromatic N) is 2. The maximum absolute atomic E-state index is 13.6. The number of H-pyrrole nitrogens is 1. The second-order valence-electron chi connectivity index (χ2n) is 7.98. The van der Waals surface area contributed by atoms with Crippen LogP contribution in [-0.4, -0.2) is 46.0 Å². The molecule has 7 heteroatoms. The average molecular weight is 438 g/mol. The Bertz CT molecular complexity index is 1400. The second-order valence-corrected chi connectivity index (χ2v) is 7.98. The maximum Gasteiger partial charge on any atom is 0.275 e. The quantitative estimate of drug-likeness (QED) is 0.512. The molecule has 1 fully saturated rings. The van der Waals surface area contributed by atoms with Gasteiger partial charge < -0.3 is 10.2 Å². The highest BCUT2D eigenvalue weighted by Crippen LogP contribution is 2.26. The van der Waals surface area contributed by atoms with Crippen LogP contribution < -0.4 is 10.9 Å². The standard InChI is InChI=1S/C26H22N4O3/c31-24-21-13-7-6-12-20(21)23(28-29-24)26(33)30-15-14-27-25(32)22(30)16-18-10-4-5-11-19(18)17-8-2-1-3-9-17/h1-13,22H,14-16H2,(H,27,32)(H,29,31)/t22-/m0/s1. The van der Waals surface area contributed by atoms with Crippen LogP contribution in [0.25, 0.3) is 21.9 Å². The summed E-state index contributed by atoms with van der Waals surface area (Å²) in [5.74, 6) is -0.578. The molecule has 7 nitrogen and oxygen atoms in total. The zero-order valence-electron chi connectivity index (χ0n) is 17.8. The van der Waals surface area contributed by atoms with E-state index in [0.29, 0.717) is 30.3 Å². The molecule has 0 spiro atoms. The van der Waals surface area contributed by atoms with Gasteiger partial charge in [0.15, 0.2) is 5.69 Å².